The zero-order valence-electron chi connectivity index (χ0n) is 18.3. The lowest BCUT2D eigenvalue weighted by Gasteiger charge is -2.47. The van der Waals surface area contributed by atoms with Gasteiger partial charge in [0.1, 0.15) is 23.9 Å². The van der Waals surface area contributed by atoms with E-state index in [1.54, 1.807) is 20.3 Å². The number of aryl methyl sites for hydroxylation is 1. The second-order valence-electron chi connectivity index (χ2n) is 7.13. The standard InChI is InChI=1S/C25H29N3O2/c1-6-14-25(30-5,23-10-8-7-9-11-23)28(20(3)29-4)24-13-12-22(19(2)15-24)16-21(17-26)18-27/h7-13,15-16,20H,6,14H2,1-5H3. The average Bonchev–Trinajstić information content (AvgIpc) is 2.78. The maximum Gasteiger partial charge on any atom is 0.168 e. The molecule has 0 fully saturated rings. The highest BCUT2D eigenvalue weighted by molar-refractivity contribution is 5.67. The van der Waals surface area contributed by atoms with E-state index in [0.717, 1.165) is 35.2 Å². The number of ether oxygens (including phenoxy) is 2. The van der Waals surface area contributed by atoms with Gasteiger partial charge in [-0.05, 0) is 49.6 Å². The second-order valence-corrected chi connectivity index (χ2v) is 7.13. The van der Waals surface area contributed by atoms with E-state index in [0.29, 0.717) is 0 Å². The molecular formula is C25H29N3O2. The Hall–Kier alpha value is -3.12. The first-order valence-corrected chi connectivity index (χ1v) is 10.0. The number of rotatable bonds is 9. The van der Waals surface area contributed by atoms with Crippen LogP contribution in [0.4, 0.5) is 5.69 Å². The zero-order valence-corrected chi connectivity index (χ0v) is 18.3. The van der Waals surface area contributed by atoms with Gasteiger partial charge < -0.3 is 14.4 Å². The van der Waals surface area contributed by atoms with Crippen LogP contribution in [0.15, 0.2) is 54.1 Å². The van der Waals surface area contributed by atoms with Crippen molar-refractivity contribution < 1.29 is 9.47 Å². The summed E-state index contributed by atoms with van der Waals surface area (Å²) in [6, 6.07) is 19.9. The fourth-order valence-electron chi connectivity index (χ4n) is 3.79. The van der Waals surface area contributed by atoms with Crippen molar-refractivity contribution in [1.29, 1.82) is 10.5 Å². The monoisotopic (exact) mass is 403 g/mol. The largest absolute Gasteiger partial charge is 0.362 e. The molecule has 0 aliphatic carbocycles. The van der Waals surface area contributed by atoms with Gasteiger partial charge in [0.2, 0.25) is 0 Å². The van der Waals surface area contributed by atoms with Gasteiger partial charge in [-0.15, -0.1) is 0 Å². The number of methoxy groups -OCH3 is 2. The summed E-state index contributed by atoms with van der Waals surface area (Å²) in [6.45, 7) is 6.10. The molecule has 30 heavy (non-hydrogen) atoms. The third kappa shape index (κ3) is 4.71. The molecule has 0 heterocycles. The summed E-state index contributed by atoms with van der Waals surface area (Å²) in [5.74, 6) is 0. The minimum absolute atomic E-state index is 0.0782. The first kappa shape index (κ1) is 23.2. The minimum Gasteiger partial charge on any atom is -0.362 e. The van der Waals surface area contributed by atoms with Crippen molar-refractivity contribution in [2.75, 3.05) is 19.1 Å². The summed E-state index contributed by atoms with van der Waals surface area (Å²) in [6.07, 6.45) is 3.04. The fourth-order valence-corrected chi connectivity index (χ4v) is 3.79. The van der Waals surface area contributed by atoms with E-state index in [-0.39, 0.29) is 11.8 Å². The van der Waals surface area contributed by atoms with Gasteiger partial charge in [-0.2, -0.15) is 10.5 Å². The summed E-state index contributed by atoms with van der Waals surface area (Å²) < 4.78 is 12.0. The quantitative estimate of drug-likeness (QED) is 0.407. The van der Waals surface area contributed by atoms with Gasteiger partial charge in [0.15, 0.2) is 5.72 Å². The van der Waals surface area contributed by atoms with E-state index in [1.165, 1.54) is 0 Å². The van der Waals surface area contributed by atoms with E-state index in [1.807, 2.05) is 62.4 Å². The van der Waals surface area contributed by atoms with E-state index < -0.39 is 5.72 Å². The van der Waals surface area contributed by atoms with Crippen LogP contribution in [0.3, 0.4) is 0 Å². The molecule has 0 saturated carbocycles. The Morgan fingerprint density at radius 2 is 1.80 bits per heavy atom. The second kappa shape index (κ2) is 10.6. The first-order valence-electron chi connectivity index (χ1n) is 10.0. The molecule has 5 nitrogen and oxygen atoms in total. The van der Waals surface area contributed by atoms with Crippen LogP contribution in [-0.2, 0) is 15.2 Å². The Morgan fingerprint density at radius 3 is 2.30 bits per heavy atom. The smallest absolute Gasteiger partial charge is 0.168 e. The summed E-state index contributed by atoms with van der Waals surface area (Å²) in [4.78, 5) is 2.15. The van der Waals surface area contributed by atoms with Crippen molar-refractivity contribution in [3.8, 4) is 12.1 Å². The van der Waals surface area contributed by atoms with Crippen LogP contribution in [0.5, 0.6) is 0 Å². The van der Waals surface area contributed by atoms with Crippen molar-refractivity contribution >= 4 is 11.8 Å². The molecule has 2 atom stereocenters. The maximum atomic E-state index is 9.07. The maximum absolute atomic E-state index is 9.07. The molecule has 2 unspecified atom stereocenters. The number of benzene rings is 2. The normalized spacial score (nSPS) is 13.4. The predicted octanol–water partition coefficient (Wildman–Crippen LogP) is 5.52. The van der Waals surface area contributed by atoms with Crippen LogP contribution in [0.1, 0.15) is 43.4 Å². The van der Waals surface area contributed by atoms with Crippen molar-refractivity contribution in [3.63, 3.8) is 0 Å². The highest BCUT2D eigenvalue weighted by Gasteiger charge is 2.41. The van der Waals surface area contributed by atoms with Gasteiger partial charge in [-0.1, -0.05) is 49.7 Å². The van der Waals surface area contributed by atoms with Gasteiger partial charge >= 0.3 is 0 Å². The van der Waals surface area contributed by atoms with Crippen LogP contribution in [-0.4, -0.2) is 20.4 Å². The Labute approximate surface area is 179 Å². The van der Waals surface area contributed by atoms with Crippen LogP contribution in [0, 0.1) is 29.6 Å². The van der Waals surface area contributed by atoms with E-state index in [2.05, 4.69) is 24.0 Å². The topological polar surface area (TPSA) is 69.3 Å². The van der Waals surface area contributed by atoms with Gasteiger partial charge in [0.05, 0.1) is 0 Å². The lowest BCUT2D eigenvalue weighted by molar-refractivity contribution is -0.0593. The summed E-state index contributed by atoms with van der Waals surface area (Å²) in [5, 5.41) is 18.1. The predicted molar refractivity (Wildman–Crippen MR) is 119 cm³/mol. The molecule has 0 saturated heterocycles. The van der Waals surface area contributed by atoms with Crippen LogP contribution >= 0.6 is 0 Å². The fraction of sp³-hybridized carbons (Fsp3) is 0.360. The van der Waals surface area contributed by atoms with Gasteiger partial charge in [0.25, 0.3) is 0 Å². The Bertz CT molecular complexity index is 941. The molecule has 0 aromatic heterocycles. The third-order valence-electron chi connectivity index (χ3n) is 5.32. The molecule has 2 rings (SSSR count). The van der Waals surface area contributed by atoms with Crippen molar-refractivity contribution in [2.24, 2.45) is 0 Å². The average molecular weight is 404 g/mol. The SMILES string of the molecule is CCCC(OC)(c1ccccc1)N(c1ccc(C=C(C#N)C#N)c(C)c1)C(C)OC. The molecule has 0 bridgehead atoms. The van der Waals surface area contributed by atoms with E-state index in [4.69, 9.17) is 20.0 Å². The van der Waals surface area contributed by atoms with Crippen LogP contribution < -0.4 is 4.90 Å². The Morgan fingerprint density at radius 1 is 1.13 bits per heavy atom. The molecule has 0 N–H and O–H groups in total. The molecule has 5 heteroatoms. The van der Waals surface area contributed by atoms with Gasteiger partial charge in [0, 0.05) is 25.5 Å². The van der Waals surface area contributed by atoms with Crippen molar-refractivity contribution in [1.82, 2.24) is 0 Å². The van der Waals surface area contributed by atoms with Crippen LogP contribution in [0.25, 0.3) is 6.08 Å². The molecule has 0 aliphatic rings. The Balaban J connectivity index is 2.67. The summed E-state index contributed by atoms with van der Waals surface area (Å²) in [5.41, 5.74) is 3.15. The number of nitrogens with zero attached hydrogens (tertiary/aromatic N) is 3. The number of hydrogen-bond acceptors (Lipinski definition) is 5. The first-order chi connectivity index (χ1) is 14.5. The Kier molecular flexibility index (Phi) is 8.18. The summed E-state index contributed by atoms with van der Waals surface area (Å²) in [7, 11) is 3.42. The van der Waals surface area contributed by atoms with Gasteiger partial charge in [-0.3, -0.25) is 0 Å². The molecule has 2 aromatic carbocycles. The number of allylic oxidation sites excluding steroid dienone is 1. The lowest BCUT2D eigenvalue weighted by Crippen LogP contribution is -2.53. The number of nitriles is 2. The molecule has 0 amide bonds. The number of anilines is 1. The zero-order chi connectivity index (χ0) is 22.1. The van der Waals surface area contributed by atoms with Crippen molar-refractivity contribution in [3.05, 3.63) is 70.8 Å². The number of hydrogen-bond donors (Lipinski definition) is 0. The molecular weight excluding hydrogens is 374 g/mol. The van der Waals surface area contributed by atoms with Crippen LogP contribution in [0.2, 0.25) is 0 Å². The highest BCUT2D eigenvalue weighted by atomic mass is 16.5. The molecule has 0 radical (unpaired) electrons. The molecule has 2 aromatic rings. The van der Waals surface area contributed by atoms with Crippen molar-refractivity contribution in [2.45, 2.75) is 45.6 Å². The molecule has 0 spiro atoms. The molecule has 156 valence electrons. The third-order valence-corrected chi connectivity index (χ3v) is 5.32. The van der Waals surface area contributed by atoms with E-state index >= 15 is 0 Å². The van der Waals surface area contributed by atoms with Gasteiger partial charge in [-0.25, -0.2) is 0 Å². The lowest BCUT2D eigenvalue weighted by atomic mass is 9.93. The highest BCUT2D eigenvalue weighted by Crippen LogP contribution is 2.40. The minimum atomic E-state index is -0.709. The van der Waals surface area contributed by atoms with E-state index in [9.17, 15) is 0 Å². The molecule has 0 aliphatic heterocycles. The summed E-state index contributed by atoms with van der Waals surface area (Å²) >= 11 is 0.